The van der Waals surface area contributed by atoms with E-state index in [1.165, 1.54) is 24.5 Å². The molecule has 2 aromatic rings. The fourth-order valence-electron chi connectivity index (χ4n) is 2.07. The molecule has 0 aliphatic carbocycles. The summed E-state index contributed by atoms with van der Waals surface area (Å²) in [7, 11) is -3.67. The van der Waals surface area contributed by atoms with Crippen molar-refractivity contribution in [3.8, 4) is 0 Å². The fraction of sp³-hybridized carbons (Fsp3) is 0.312. The number of benzene rings is 1. The zero-order valence-electron chi connectivity index (χ0n) is 13.5. The zero-order chi connectivity index (χ0) is 19.2. The minimum Gasteiger partial charge on any atom is -0.459 e. The maximum absolute atomic E-state index is 12.4. The molecular weight excluding hydrogens is 375 g/mol. The highest BCUT2D eigenvalue weighted by Crippen LogP contribution is 2.20. The van der Waals surface area contributed by atoms with E-state index in [1.807, 2.05) is 0 Å². The summed E-state index contributed by atoms with van der Waals surface area (Å²) in [6.45, 7) is -1.94. The van der Waals surface area contributed by atoms with E-state index in [0.29, 0.717) is 0 Å². The van der Waals surface area contributed by atoms with Crippen molar-refractivity contribution >= 4 is 15.7 Å². The van der Waals surface area contributed by atoms with Gasteiger partial charge in [0.1, 0.15) is 6.61 Å². The lowest BCUT2D eigenvalue weighted by atomic mass is 10.2. The molecule has 0 radical (unpaired) electrons. The topological polar surface area (TPSA) is 85.6 Å². The summed E-state index contributed by atoms with van der Waals surface area (Å²) in [4.78, 5) is 12.1. The van der Waals surface area contributed by atoms with Crippen molar-refractivity contribution in [2.24, 2.45) is 0 Å². The van der Waals surface area contributed by atoms with Gasteiger partial charge in [-0.05, 0) is 18.2 Å². The number of rotatable bonds is 8. The van der Waals surface area contributed by atoms with Crippen LogP contribution in [0.2, 0.25) is 0 Å². The van der Waals surface area contributed by atoms with Crippen LogP contribution in [-0.2, 0) is 20.3 Å². The Morgan fingerprint density at radius 3 is 2.50 bits per heavy atom. The van der Waals surface area contributed by atoms with Crippen molar-refractivity contribution in [3.05, 3.63) is 54.0 Å². The van der Waals surface area contributed by atoms with Crippen molar-refractivity contribution < 1.29 is 35.5 Å². The lowest BCUT2D eigenvalue weighted by Gasteiger charge is -2.08. The molecule has 0 saturated carbocycles. The van der Waals surface area contributed by atoms with Crippen LogP contribution >= 0.6 is 0 Å². The highest BCUT2D eigenvalue weighted by Gasteiger charge is 2.27. The molecule has 1 amide bonds. The van der Waals surface area contributed by atoms with E-state index in [-0.39, 0.29) is 29.4 Å². The van der Waals surface area contributed by atoms with Crippen LogP contribution in [0, 0.1) is 0 Å². The van der Waals surface area contributed by atoms with Crippen LogP contribution in [0.4, 0.5) is 13.2 Å². The van der Waals surface area contributed by atoms with Gasteiger partial charge in [0.05, 0.1) is 23.5 Å². The number of nitrogens with one attached hydrogen (secondary N) is 1. The molecule has 1 aromatic heterocycles. The third-order valence-corrected chi connectivity index (χ3v) is 4.88. The minimum atomic E-state index is -4.44. The van der Waals surface area contributed by atoms with E-state index in [2.05, 4.69) is 10.1 Å². The number of halogens is 3. The second-order valence-electron chi connectivity index (χ2n) is 5.27. The summed E-state index contributed by atoms with van der Waals surface area (Å²) in [5.41, 5.74) is 0.155. The Hall–Kier alpha value is -2.33. The number of hydrogen-bond donors (Lipinski definition) is 1. The molecule has 0 saturated heterocycles. The normalized spacial score (nSPS) is 12.1. The van der Waals surface area contributed by atoms with Gasteiger partial charge in [-0.25, -0.2) is 8.42 Å². The maximum Gasteiger partial charge on any atom is 0.411 e. The molecule has 142 valence electrons. The Labute approximate surface area is 147 Å². The van der Waals surface area contributed by atoms with Gasteiger partial charge in [0.15, 0.2) is 15.6 Å². The molecule has 10 heteroatoms. The van der Waals surface area contributed by atoms with Crippen LogP contribution < -0.4 is 5.32 Å². The van der Waals surface area contributed by atoms with Crippen molar-refractivity contribution in [1.29, 1.82) is 0 Å². The summed E-state index contributed by atoms with van der Waals surface area (Å²) < 4.78 is 69.9. The summed E-state index contributed by atoms with van der Waals surface area (Å²) in [5, 5.41) is 2.32. The van der Waals surface area contributed by atoms with Gasteiger partial charge in [-0.3, -0.25) is 4.79 Å². The summed E-state index contributed by atoms with van der Waals surface area (Å²) in [6.07, 6.45) is -3.27. The lowest BCUT2D eigenvalue weighted by molar-refractivity contribution is -0.173. The molecule has 0 atom stereocenters. The Bertz CT molecular complexity index is 831. The first-order chi connectivity index (χ1) is 12.2. The fourth-order valence-corrected chi connectivity index (χ4v) is 3.44. The van der Waals surface area contributed by atoms with Gasteiger partial charge in [-0.1, -0.05) is 18.2 Å². The minimum absolute atomic E-state index is 0.105. The summed E-state index contributed by atoms with van der Waals surface area (Å²) in [5.74, 6) is -1.38. The van der Waals surface area contributed by atoms with E-state index < -0.39 is 34.3 Å². The number of carbonyl (C=O) groups is 1. The Balaban J connectivity index is 1.94. The standard InChI is InChI=1S/C16H16F3NO5S/c17-16(18,19)11-24-9-7-20-15(21)14-12(6-8-25-14)10-26(22,23)13-4-2-1-3-5-13/h1-6,8H,7,9-11H2,(H,20,21). The second kappa shape index (κ2) is 8.37. The average molecular weight is 391 g/mol. The molecule has 2 rings (SSSR count). The molecular formula is C16H16F3NO5S. The molecule has 1 heterocycles. The van der Waals surface area contributed by atoms with Gasteiger partial charge in [-0.2, -0.15) is 13.2 Å². The van der Waals surface area contributed by atoms with E-state index in [1.54, 1.807) is 18.2 Å². The Kier molecular flexibility index (Phi) is 6.43. The smallest absolute Gasteiger partial charge is 0.411 e. The van der Waals surface area contributed by atoms with Crippen LogP contribution in [0.15, 0.2) is 52.0 Å². The molecule has 0 aliphatic rings. The molecule has 1 aromatic carbocycles. The SMILES string of the molecule is O=C(NCCOCC(F)(F)F)c1occc1CS(=O)(=O)c1ccccc1. The van der Waals surface area contributed by atoms with Gasteiger partial charge in [0.25, 0.3) is 5.91 Å². The summed E-state index contributed by atoms with van der Waals surface area (Å²) in [6, 6.07) is 9.07. The number of hydrogen-bond acceptors (Lipinski definition) is 5. The summed E-state index contributed by atoms with van der Waals surface area (Å²) >= 11 is 0. The average Bonchev–Trinajstić information content (AvgIpc) is 3.01. The number of alkyl halides is 3. The second-order valence-corrected chi connectivity index (χ2v) is 7.26. The van der Waals surface area contributed by atoms with Gasteiger partial charge < -0.3 is 14.5 Å². The third-order valence-electron chi connectivity index (χ3n) is 3.20. The van der Waals surface area contributed by atoms with Crippen LogP contribution in [0.1, 0.15) is 16.1 Å². The van der Waals surface area contributed by atoms with Crippen molar-refractivity contribution in [2.75, 3.05) is 19.8 Å². The van der Waals surface area contributed by atoms with Gasteiger partial charge >= 0.3 is 6.18 Å². The molecule has 26 heavy (non-hydrogen) atoms. The molecule has 1 N–H and O–H groups in total. The van der Waals surface area contributed by atoms with E-state index in [0.717, 1.165) is 0 Å². The van der Waals surface area contributed by atoms with Gasteiger partial charge in [0, 0.05) is 12.1 Å². The Morgan fingerprint density at radius 1 is 1.15 bits per heavy atom. The first-order valence-electron chi connectivity index (χ1n) is 7.46. The number of amides is 1. The zero-order valence-corrected chi connectivity index (χ0v) is 14.3. The highest BCUT2D eigenvalue weighted by atomic mass is 32.2. The van der Waals surface area contributed by atoms with Crippen molar-refractivity contribution in [1.82, 2.24) is 5.32 Å². The van der Waals surface area contributed by atoms with Gasteiger partial charge in [-0.15, -0.1) is 0 Å². The monoisotopic (exact) mass is 391 g/mol. The molecule has 0 fully saturated rings. The van der Waals surface area contributed by atoms with Crippen molar-refractivity contribution in [2.45, 2.75) is 16.8 Å². The lowest BCUT2D eigenvalue weighted by Crippen LogP contribution is -2.29. The molecule has 0 aliphatic heterocycles. The first-order valence-corrected chi connectivity index (χ1v) is 9.11. The predicted molar refractivity (Wildman–Crippen MR) is 85.2 cm³/mol. The van der Waals surface area contributed by atoms with Crippen molar-refractivity contribution in [3.63, 3.8) is 0 Å². The molecule has 6 nitrogen and oxygen atoms in total. The first kappa shape index (κ1) is 20.0. The number of ether oxygens (including phenoxy) is 1. The van der Waals surface area contributed by atoms with Crippen LogP contribution in [-0.4, -0.2) is 40.3 Å². The quantitative estimate of drug-likeness (QED) is 0.699. The largest absolute Gasteiger partial charge is 0.459 e. The van der Waals surface area contributed by atoms with E-state index >= 15 is 0 Å². The third kappa shape index (κ3) is 5.88. The number of furan rings is 1. The molecule has 0 unspecified atom stereocenters. The molecule has 0 bridgehead atoms. The van der Waals surface area contributed by atoms with E-state index in [9.17, 15) is 26.4 Å². The Morgan fingerprint density at radius 2 is 1.85 bits per heavy atom. The van der Waals surface area contributed by atoms with Gasteiger partial charge in [0.2, 0.25) is 0 Å². The highest BCUT2D eigenvalue weighted by molar-refractivity contribution is 7.90. The predicted octanol–water partition coefficient (Wildman–Crippen LogP) is 2.56. The number of sulfone groups is 1. The number of carbonyl (C=O) groups excluding carboxylic acids is 1. The molecule has 0 spiro atoms. The van der Waals surface area contributed by atoms with E-state index in [4.69, 9.17) is 4.42 Å². The van der Waals surface area contributed by atoms with Crippen LogP contribution in [0.5, 0.6) is 0 Å². The maximum atomic E-state index is 12.4. The van der Waals surface area contributed by atoms with Crippen LogP contribution in [0.25, 0.3) is 0 Å². The van der Waals surface area contributed by atoms with Crippen LogP contribution in [0.3, 0.4) is 0 Å².